The normalized spacial score (nSPS) is 14.3. The Labute approximate surface area is 147 Å². The monoisotopic (exact) mass is 358 g/mol. The van der Waals surface area contributed by atoms with Crippen molar-refractivity contribution in [2.24, 2.45) is 7.05 Å². The summed E-state index contributed by atoms with van der Waals surface area (Å²) in [5.74, 6) is 0. The van der Waals surface area contributed by atoms with Crippen LogP contribution in [0.2, 0.25) is 0 Å². The van der Waals surface area contributed by atoms with E-state index >= 15 is 0 Å². The number of sulfonamides is 1. The lowest BCUT2D eigenvalue weighted by Gasteiger charge is -2.16. The Morgan fingerprint density at radius 1 is 1.32 bits per heavy atom. The zero-order chi connectivity index (χ0) is 17.6. The molecule has 3 aromatic rings. The van der Waals surface area contributed by atoms with Gasteiger partial charge in [0.25, 0.3) is 0 Å². The van der Waals surface area contributed by atoms with Gasteiger partial charge in [-0.15, -0.1) is 0 Å². The Kier molecular flexibility index (Phi) is 3.92. The number of nitrogens with one attached hydrogen (secondary N) is 1. The average Bonchev–Trinajstić information content (AvgIpc) is 3.14. The first-order valence-electron chi connectivity index (χ1n) is 8.55. The van der Waals surface area contributed by atoms with Gasteiger partial charge >= 0.3 is 0 Å². The third-order valence-electron chi connectivity index (χ3n) is 5.04. The third-order valence-corrected chi connectivity index (χ3v) is 6.46. The van der Waals surface area contributed by atoms with E-state index in [2.05, 4.69) is 39.5 Å². The standard InChI is InChI=1S/C18H22N4O2S/c1-13-16(8-9-20-25(23,24)15-11-19-21(2)12-15)17-7-3-5-14-6-4-10-22(13)18(14)17/h3,5,7,11-12,20H,4,6,8-10H2,1-2H3. The molecule has 0 amide bonds. The van der Waals surface area contributed by atoms with Crippen molar-refractivity contribution < 1.29 is 8.42 Å². The molecule has 7 heteroatoms. The SMILES string of the molecule is Cc1c(CCNS(=O)(=O)c2cnn(C)c2)c2cccc3c2n1CCC3. The van der Waals surface area contributed by atoms with Crippen molar-refractivity contribution in [3.63, 3.8) is 0 Å². The quantitative estimate of drug-likeness (QED) is 0.760. The first-order chi connectivity index (χ1) is 12.0. The van der Waals surface area contributed by atoms with Crippen LogP contribution in [0.5, 0.6) is 0 Å². The predicted molar refractivity (Wildman–Crippen MR) is 97.1 cm³/mol. The van der Waals surface area contributed by atoms with Crippen LogP contribution in [0, 0.1) is 6.92 Å². The summed E-state index contributed by atoms with van der Waals surface area (Å²) in [6.45, 7) is 3.56. The number of aromatic nitrogens is 3. The fourth-order valence-electron chi connectivity index (χ4n) is 3.83. The molecule has 4 rings (SSSR count). The van der Waals surface area contributed by atoms with E-state index in [1.54, 1.807) is 7.05 Å². The molecule has 1 N–H and O–H groups in total. The van der Waals surface area contributed by atoms with Crippen molar-refractivity contribution in [2.75, 3.05) is 6.54 Å². The molecule has 2 aromatic heterocycles. The van der Waals surface area contributed by atoms with E-state index in [1.807, 2.05) is 0 Å². The molecule has 0 bridgehead atoms. The van der Waals surface area contributed by atoms with Crippen molar-refractivity contribution in [1.29, 1.82) is 0 Å². The second-order valence-corrected chi connectivity index (χ2v) is 8.40. The number of hydrogen-bond donors (Lipinski definition) is 1. The van der Waals surface area contributed by atoms with Crippen molar-refractivity contribution in [3.05, 3.63) is 47.4 Å². The molecule has 0 saturated carbocycles. The van der Waals surface area contributed by atoms with E-state index in [4.69, 9.17) is 0 Å². The van der Waals surface area contributed by atoms with Gasteiger partial charge in [0.1, 0.15) is 4.90 Å². The van der Waals surface area contributed by atoms with Crippen molar-refractivity contribution in [2.45, 2.75) is 37.6 Å². The van der Waals surface area contributed by atoms with E-state index in [1.165, 1.54) is 44.8 Å². The maximum absolute atomic E-state index is 12.3. The fourth-order valence-corrected chi connectivity index (χ4v) is 4.85. The van der Waals surface area contributed by atoms with Gasteiger partial charge in [0.05, 0.1) is 11.7 Å². The van der Waals surface area contributed by atoms with Gasteiger partial charge in [-0.3, -0.25) is 4.68 Å². The van der Waals surface area contributed by atoms with Crippen LogP contribution in [0.4, 0.5) is 0 Å². The lowest BCUT2D eigenvalue weighted by molar-refractivity contribution is 0.581. The minimum atomic E-state index is -3.51. The first-order valence-corrected chi connectivity index (χ1v) is 10.0. The molecule has 1 aromatic carbocycles. The van der Waals surface area contributed by atoms with Gasteiger partial charge in [-0.2, -0.15) is 5.10 Å². The zero-order valence-electron chi connectivity index (χ0n) is 14.5. The van der Waals surface area contributed by atoms with Gasteiger partial charge in [-0.25, -0.2) is 13.1 Å². The number of aryl methyl sites for hydroxylation is 3. The molecule has 25 heavy (non-hydrogen) atoms. The Morgan fingerprint density at radius 3 is 2.92 bits per heavy atom. The Bertz CT molecular complexity index is 1050. The molecule has 1 aliphatic rings. The molecule has 3 heterocycles. The summed E-state index contributed by atoms with van der Waals surface area (Å²) in [7, 11) is -1.81. The molecule has 1 aliphatic heterocycles. The van der Waals surface area contributed by atoms with E-state index in [0.29, 0.717) is 13.0 Å². The summed E-state index contributed by atoms with van der Waals surface area (Å²) in [5, 5.41) is 5.19. The molecular weight excluding hydrogens is 336 g/mol. The number of benzene rings is 1. The molecular formula is C18H22N4O2S. The molecule has 132 valence electrons. The average molecular weight is 358 g/mol. The maximum atomic E-state index is 12.3. The van der Waals surface area contributed by atoms with E-state index in [0.717, 1.165) is 19.4 Å². The maximum Gasteiger partial charge on any atom is 0.243 e. The van der Waals surface area contributed by atoms with Crippen LogP contribution in [0.1, 0.15) is 23.2 Å². The Balaban J connectivity index is 1.58. The summed E-state index contributed by atoms with van der Waals surface area (Å²) >= 11 is 0. The van der Waals surface area contributed by atoms with Gasteiger partial charge in [0, 0.05) is 37.4 Å². The summed E-state index contributed by atoms with van der Waals surface area (Å²) in [5.41, 5.74) is 5.22. The predicted octanol–water partition coefficient (Wildman–Crippen LogP) is 2.15. The Morgan fingerprint density at radius 2 is 2.16 bits per heavy atom. The first kappa shape index (κ1) is 16.4. The van der Waals surface area contributed by atoms with Gasteiger partial charge in [-0.1, -0.05) is 18.2 Å². The van der Waals surface area contributed by atoms with Crippen molar-refractivity contribution >= 4 is 20.9 Å². The summed E-state index contributed by atoms with van der Waals surface area (Å²) in [4.78, 5) is 0.203. The molecule has 0 unspecified atom stereocenters. The lowest BCUT2D eigenvalue weighted by atomic mass is 10.0. The van der Waals surface area contributed by atoms with Crippen molar-refractivity contribution in [3.8, 4) is 0 Å². The van der Waals surface area contributed by atoms with Crippen LogP contribution in [0.25, 0.3) is 10.9 Å². The van der Waals surface area contributed by atoms with Gasteiger partial charge in [0.15, 0.2) is 0 Å². The largest absolute Gasteiger partial charge is 0.344 e. The molecule has 0 atom stereocenters. The second kappa shape index (κ2) is 6.00. The topological polar surface area (TPSA) is 68.9 Å². The molecule has 0 aliphatic carbocycles. The van der Waals surface area contributed by atoms with Crippen LogP contribution in [-0.4, -0.2) is 29.3 Å². The lowest BCUT2D eigenvalue weighted by Crippen LogP contribution is -2.25. The van der Waals surface area contributed by atoms with Gasteiger partial charge < -0.3 is 4.57 Å². The number of rotatable bonds is 5. The number of nitrogens with zero attached hydrogens (tertiary/aromatic N) is 3. The highest BCUT2D eigenvalue weighted by Crippen LogP contribution is 2.32. The second-order valence-electron chi connectivity index (χ2n) is 6.63. The smallest absolute Gasteiger partial charge is 0.243 e. The van der Waals surface area contributed by atoms with Crippen LogP contribution in [-0.2, 0) is 36.5 Å². The van der Waals surface area contributed by atoms with E-state index in [-0.39, 0.29) is 4.90 Å². The third kappa shape index (κ3) is 2.77. The summed E-state index contributed by atoms with van der Waals surface area (Å²) < 4.78 is 31.3. The number of para-hydroxylation sites is 1. The highest BCUT2D eigenvalue weighted by atomic mass is 32.2. The minimum Gasteiger partial charge on any atom is -0.344 e. The van der Waals surface area contributed by atoms with Gasteiger partial charge in [0.2, 0.25) is 10.0 Å². The minimum absolute atomic E-state index is 0.203. The molecule has 0 radical (unpaired) electrons. The molecule has 6 nitrogen and oxygen atoms in total. The van der Waals surface area contributed by atoms with Crippen LogP contribution < -0.4 is 4.72 Å². The molecule has 0 saturated heterocycles. The van der Waals surface area contributed by atoms with E-state index in [9.17, 15) is 8.42 Å². The van der Waals surface area contributed by atoms with Crippen molar-refractivity contribution in [1.82, 2.24) is 19.1 Å². The van der Waals surface area contributed by atoms with Crippen LogP contribution in [0.15, 0.2) is 35.5 Å². The van der Waals surface area contributed by atoms with Crippen LogP contribution in [0.3, 0.4) is 0 Å². The van der Waals surface area contributed by atoms with E-state index < -0.39 is 10.0 Å². The van der Waals surface area contributed by atoms with Gasteiger partial charge in [-0.05, 0) is 37.3 Å². The fraction of sp³-hybridized carbons (Fsp3) is 0.389. The number of hydrogen-bond acceptors (Lipinski definition) is 3. The van der Waals surface area contributed by atoms with Crippen LogP contribution >= 0.6 is 0 Å². The molecule has 0 fully saturated rings. The molecule has 0 spiro atoms. The summed E-state index contributed by atoms with van der Waals surface area (Å²) in [6.07, 6.45) is 5.84. The highest BCUT2D eigenvalue weighted by Gasteiger charge is 2.20. The zero-order valence-corrected chi connectivity index (χ0v) is 15.3. The highest BCUT2D eigenvalue weighted by molar-refractivity contribution is 7.89. The summed E-state index contributed by atoms with van der Waals surface area (Å²) in [6, 6.07) is 6.46. The Hall–Kier alpha value is -2.12.